The summed E-state index contributed by atoms with van der Waals surface area (Å²) in [4.78, 5) is 4.22. The Balaban J connectivity index is 1.55. The molecular weight excluding hydrogens is 390 g/mol. The van der Waals surface area contributed by atoms with Crippen molar-refractivity contribution in [3.63, 3.8) is 0 Å². The zero-order valence-corrected chi connectivity index (χ0v) is 17.4. The minimum atomic E-state index is -3.29. The van der Waals surface area contributed by atoms with Crippen LogP contribution in [0.3, 0.4) is 0 Å². The number of ether oxygens (including phenoxy) is 1. The average molecular weight is 418 g/mol. The van der Waals surface area contributed by atoms with Crippen molar-refractivity contribution in [2.45, 2.75) is 50.4 Å². The van der Waals surface area contributed by atoms with Gasteiger partial charge < -0.3 is 4.74 Å². The van der Waals surface area contributed by atoms with Gasteiger partial charge in [-0.2, -0.15) is 0 Å². The molecule has 27 heavy (non-hydrogen) atoms. The Morgan fingerprint density at radius 2 is 1.81 bits per heavy atom. The quantitative estimate of drug-likeness (QED) is 0.637. The van der Waals surface area contributed by atoms with E-state index in [0.29, 0.717) is 56.8 Å². The summed E-state index contributed by atoms with van der Waals surface area (Å²) in [6, 6.07) is 3.34. The molecule has 1 aromatic heterocycles. The number of sulfonamides is 2. The van der Waals surface area contributed by atoms with Gasteiger partial charge in [0.05, 0.1) is 22.9 Å². The summed E-state index contributed by atoms with van der Waals surface area (Å²) in [5.41, 5.74) is 0.509. The van der Waals surface area contributed by atoms with Crippen molar-refractivity contribution in [1.82, 2.24) is 9.29 Å². The van der Waals surface area contributed by atoms with Gasteiger partial charge in [-0.3, -0.25) is 4.31 Å². The van der Waals surface area contributed by atoms with Crippen LogP contribution in [0.5, 0.6) is 5.88 Å². The monoisotopic (exact) mass is 417 g/mol. The van der Waals surface area contributed by atoms with Gasteiger partial charge in [-0.05, 0) is 38.2 Å². The molecule has 0 radical (unpaired) electrons. The van der Waals surface area contributed by atoms with E-state index >= 15 is 0 Å². The molecule has 0 atom stereocenters. The molecule has 1 saturated carbocycles. The Bertz CT molecular complexity index is 843. The molecule has 0 unspecified atom stereocenters. The van der Waals surface area contributed by atoms with Crippen molar-refractivity contribution < 1.29 is 21.6 Å². The van der Waals surface area contributed by atoms with Crippen LogP contribution in [0, 0.1) is 0 Å². The maximum Gasteiger partial charge on any atom is 0.237 e. The molecule has 1 saturated heterocycles. The van der Waals surface area contributed by atoms with E-state index in [9.17, 15) is 16.8 Å². The second-order valence-corrected chi connectivity index (χ2v) is 11.4. The van der Waals surface area contributed by atoms with Crippen LogP contribution in [-0.2, 0) is 20.0 Å². The summed E-state index contributed by atoms with van der Waals surface area (Å²) in [5.74, 6) is 0.601. The summed E-state index contributed by atoms with van der Waals surface area (Å²) in [6.45, 7) is 2.76. The predicted molar refractivity (Wildman–Crippen MR) is 104 cm³/mol. The van der Waals surface area contributed by atoms with Gasteiger partial charge in [-0.1, -0.05) is 6.92 Å². The Labute approximate surface area is 161 Å². The van der Waals surface area contributed by atoms with E-state index in [1.54, 1.807) is 12.1 Å². The SMILES string of the molecule is CCCS(=O)(=O)N1CCC(Oc2ccc(N(C)S(=O)(=O)C3CC3)cn2)CC1. The predicted octanol–water partition coefficient (Wildman–Crippen LogP) is 1.59. The fraction of sp³-hybridized carbons (Fsp3) is 0.706. The molecule has 152 valence electrons. The zero-order chi connectivity index (χ0) is 19.7. The minimum Gasteiger partial charge on any atom is -0.474 e. The third-order valence-corrected chi connectivity index (χ3v) is 9.32. The van der Waals surface area contributed by atoms with Crippen molar-refractivity contribution >= 4 is 25.7 Å². The zero-order valence-electron chi connectivity index (χ0n) is 15.7. The van der Waals surface area contributed by atoms with Gasteiger partial charge in [0.2, 0.25) is 25.9 Å². The Morgan fingerprint density at radius 3 is 2.33 bits per heavy atom. The molecule has 8 nitrogen and oxygen atoms in total. The highest BCUT2D eigenvalue weighted by atomic mass is 32.2. The van der Waals surface area contributed by atoms with Gasteiger partial charge in [0.15, 0.2) is 0 Å². The number of hydrogen-bond acceptors (Lipinski definition) is 6. The van der Waals surface area contributed by atoms with Crippen molar-refractivity contribution in [2.75, 3.05) is 30.2 Å². The van der Waals surface area contributed by atoms with E-state index in [1.165, 1.54) is 21.9 Å². The van der Waals surface area contributed by atoms with Crippen LogP contribution in [0.2, 0.25) is 0 Å². The van der Waals surface area contributed by atoms with Gasteiger partial charge in [0, 0.05) is 26.2 Å². The summed E-state index contributed by atoms with van der Waals surface area (Å²) < 4.78 is 57.4. The largest absolute Gasteiger partial charge is 0.474 e. The molecule has 1 aliphatic carbocycles. The maximum atomic E-state index is 12.3. The fourth-order valence-electron chi connectivity index (χ4n) is 3.15. The molecule has 0 aromatic carbocycles. The van der Waals surface area contributed by atoms with E-state index in [2.05, 4.69) is 4.98 Å². The Morgan fingerprint density at radius 1 is 1.15 bits per heavy atom. The smallest absolute Gasteiger partial charge is 0.237 e. The molecule has 1 aromatic rings. The number of rotatable bonds is 8. The van der Waals surface area contributed by atoms with Gasteiger partial charge in [-0.15, -0.1) is 0 Å². The van der Waals surface area contributed by atoms with Gasteiger partial charge >= 0.3 is 0 Å². The lowest BCUT2D eigenvalue weighted by Crippen LogP contribution is -2.42. The summed E-state index contributed by atoms with van der Waals surface area (Å²) in [5, 5.41) is -0.271. The highest BCUT2D eigenvalue weighted by Crippen LogP contribution is 2.32. The Kier molecular flexibility index (Phi) is 5.97. The molecular formula is C17H27N3O5S2. The van der Waals surface area contributed by atoms with Gasteiger partial charge in [-0.25, -0.2) is 26.1 Å². The molecule has 1 aliphatic heterocycles. The number of hydrogen-bond donors (Lipinski definition) is 0. The number of anilines is 1. The molecule has 0 N–H and O–H groups in total. The number of nitrogens with zero attached hydrogens (tertiary/aromatic N) is 3. The van der Waals surface area contributed by atoms with Crippen molar-refractivity contribution in [3.8, 4) is 5.88 Å². The first-order valence-corrected chi connectivity index (χ1v) is 12.4. The van der Waals surface area contributed by atoms with E-state index in [4.69, 9.17) is 4.74 Å². The third kappa shape index (κ3) is 4.72. The second-order valence-electron chi connectivity index (χ2n) is 7.10. The molecule has 3 rings (SSSR count). The van der Waals surface area contributed by atoms with Crippen LogP contribution < -0.4 is 9.04 Å². The summed E-state index contributed by atoms with van der Waals surface area (Å²) >= 11 is 0. The highest BCUT2D eigenvalue weighted by molar-refractivity contribution is 7.93. The van der Waals surface area contributed by atoms with Crippen LogP contribution in [0.15, 0.2) is 18.3 Å². The first-order chi connectivity index (χ1) is 12.7. The lowest BCUT2D eigenvalue weighted by Gasteiger charge is -2.31. The number of pyridine rings is 1. The van der Waals surface area contributed by atoms with Crippen molar-refractivity contribution in [3.05, 3.63) is 18.3 Å². The third-order valence-electron chi connectivity index (χ3n) is 4.96. The lowest BCUT2D eigenvalue weighted by atomic mass is 10.1. The van der Waals surface area contributed by atoms with E-state index in [0.717, 1.165) is 0 Å². The van der Waals surface area contributed by atoms with Crippen LogP contribution >= 0.6 is 0 Å². The molecule has 0 bridgehead atoms. The topological polar surface area (TPSA) is 96.9 Å². The van der Waals surface area contributed by atoms with E-state index < -0.39 is 20.0 Å². The second kappa shape index (κ2) is 7.92. The molecule has 2 aliphatic rings. The van der Waals surface area contributed by atoms with Crippen LogP contribution in [0.4, 0.5) is 5.69 Å². The van der Waals surface area contributed by atoms with Gasteiger partial charge in [0.25, 0.3) is 0 Å². The lowest BCUT2D eigenvalue weighted by molar-refractivity contribution is 0.130. The van der Waals surface area contributed by atoms with Crippen LogP contribution in [-0.4, -0.2) is 63.4 Å². The van der Waals surface area contributed by atoms with Crippen molar-refractivity contribution in [2.24, 2.45) is 0 Å². The summed E-state index contributed by atoms with van der Waals surface area (Å²) in [6.07, 6.45) is 4.67. The van der Waals surface area contributed by atoms with Crippen molar-refractivity contribution in [1.29, 1.82) is 0 Å². The number of piperidine rings is 1. The first-order valence-electron chi connectivity index (χ1n) is 9.32. The Hall–Kier alpha value is -1.39. The number of aromatic nitrogens is 1. The fourth-order valence-corrected chi connectivity index (χ4v) is 6.27. The standard InChI is InChI=1S/C17H27N3O5S2/c1-3-12-26(21,22)20-10-8-15(9-11-20)25-17-7-4-14(13-18-17)19(2)27(23,24)16-5-6-16/h4,7,13,15-16H,3,5-6,8-12H2,1-2H3. The first kappa shape index (κ1) is 20.3. The highest BCUT2D eigenvalue weighted by Gasteiger charge is 2.39. The summed E-state index contributed by atoms with van der Waals surface area (Å²) in [7, 11) is -4.92. The van der Waals surface area contributed by atoms with Gasteiger partial charge in [0.1, 0.15) is 6.10 Å². The molecule has 0 amide bonds. The van der Waals surface area contributed by atoms with Crippen LogP contribution in [0.1, 0.15) is 39.0 Å². The minimum absolute atomic E-state index is 0.0932. The maximum absolute atomic E-state index is 12.3. The average Bonchev–Trinajstić information content (AvgIpc) is 3.48. The van der Waals surface area contributed by atoms with Crippen LogP contribution in [0.25, 0.3) is 0 Å². The molecule has 2 heterocycles. The van der Waals surface area contributed by atoms with E-state index in [-0.39, 0.29) is 17.1 Å². The normalized spacial score (nSPS) is 19.8. The molecule has 10 heteroatoms. The van der Waals surface area contributed by atoms with E-state index in [1.807, 2.05) is 6.92 Å². The molecule has 0 spiro atoms. The molecule has 2 fully saturated rings.